The van der Waals surface area contributed by atoms with Crippen molar-refractivity contribution in [2.24, 2.45) is 0 Å². The highest BCUT2D eigenvalue weighted by atomic mass is 16.6. The van der Waals surface area contributed by atoms with Crippen LogP contribution >= 0.6 is 0 Å². The molecule has 0 N–H and O–H groups in total. The molecule has 1 aliphatic carbocycles. The third-order valence-electron chi connectivity index (χ3n) is 5.39. The highest BCUT2D eigenvalue weighted by molar-refractivity contribution is 5.92. The number of likely N-dealkylation sites (tertiary alicyclic amines) is 1. The van der Waals surface area contributed by atoms with Crippen molar-refractivity contribution in [3.05, 3.63) is 34.8 Å². The lowest BCUT2D eigenvalue weighted by Gasteiger charge is -2.41. The zero-order valence-corrected chi connectivity index (χ0v) is 14.3. The lowest BCUT2D eigenvalue weighted by Crippen LogP contribution is -2.49. The van der Waals surface area contributed by atoms with E-state index in [4.69, 9.17) is 14.5 Å². The molecule has 4 rings (SSSR count). The molecule has 0 radical (unpaired) electrons. The number of fused-ring (bicyclic) bond motifs is 2. The Labute approximate surface area is 141 Å². The lowest BCUT2D eigenvalue weighted by atomic mass is 9.77. The van der Waals surface area contributed by atoms with Crippen LogP contribution in [0.3, 0.4) is 0 Å². The van der Waals surface area contributed by atoms with Gasteiger partial charge in [-0.3, -0.25) is 4.79 Å². The number of aromatic nitrogens is 2. The molecule has 1 aromatic heterocycles. The molecule has 3 aliphatic rings. The van der Waals surface area contributed by atoms with Crippen molar-refractivity contribution in [2.75, 3.05) is 26.3 Å². The van der Waals surface area contributed by atoms with Crippen molar-refractivity contribution in [3.8, 4) is 0 Å². The third-order valence-corrected chi connectivity index (χ3v) is 5.39. The monoisotopic (exact) mass is 329 g/mol. The van der Waals surface area contributed by atoms with E-state index in [0.29, 0.717) is 31.3 Å². The van der Waals surface area contributed by atoms with Crippen molar-refractivity contribution < 1.29 is 14.3 Å². The van der Waals surface area contributed by atoms with Crippen LogP contribution in [0.15, 0.2) is 17.7 Å². The fourth-order valence-electron chi connectivity index (χ4n) is 4.19. The van der Waals surface area contributed by atoms with E-state index in [2.05, 4.69) is 4.98 Å². The maximum atomic E-state index is 12.9. The Morgan fingerprint density at radius 3 is 2.92 bits per heavy atom. The van der Waals surface area contributed by atoms with Gasteiger partial charge in [-0.1, -0.05) is 0 Å². The molecule has 1 unspecified atom stereocenters. The number of ether oxygens (including phenoxy) is 2. The van der Waals surface area contributed by atoms with E-state index in [1.165, 1.54) is 5.56 Å². The Hall–Kier alpha value is -2.11. The molecule has 1 fully saturated rings. The molecule has 3 heterocycles. The average molecular weight is 329 g/mol. The lowest BCUT2D eigenvalue weighted by molar-refractivity contribution is -0.135. The van der Waals surface area contributed by atoms with E-state index in [-0.39, 0.29) is 11.3 Å². The van der Waals surface area contributed by atoms with Crippen molar-refractivity contribution in [2.45, 2.75) is 44.9 Å². The summed E-state index contributed by atoms with van der Waals surface area (Å²) in [5.41, 5.74) is 2.36. The molecule has 6 heteroatoms. The smallest absolute Gasteiger partial charge is 0.292 e. The molecule has 0 aromatic carbocycles. The Bertz CT molecular complexity index is 711. The van der Waals surface area contributed by atoms with Gasteiger partial charge >= 0.3 is 0 Å². The Kier molecular flexibility index (Phi) is 3.70. The van der Waals surface area contributed by atoms with Crippen molar-refractivity contribution in [1.29, 1.82) is 0 Å². The molecular formula is C18H23N3O3. The van der Waals surface area contributed by atoms with Crippen LogP contribution in [0.5, 0.6) is 0 Å². The highest BCUT2D eigenvalue weighted by Gasteiger charge is 2.45. The molecule has 128 valence electrons. The summed E-state index contributed by atoms with van der Waals surface area (Å²) in [6.07, 6.45) is 6.06. The minimum atomic E-state index is -0.0505. The topological polar surface area (TPSA) is 64.6 Å². The van der Waals surface area contributed by atoms with Gasteiger partial charge in [0.25, 0.3) is 5.91 Å². The van der Waals surface area contributed by atoms with Crippen LogP contribution in [-0.2, 0) is 26.1 Å². The van der Waals surface area contributed by atoms with E-state index >= 15 is 0 Å². The van der Waals surface area contributed by atoms with E-state index < -0.39 is 0 Å². The van der Waals surface area contributed by atoms with Gasteiger partial charge in [0.15, 0.2) is 0 Å². The molecule has 0 bridgehead atoms. The minimum absolute atomic E-state index is 0.0269. The number of carbonyl (C=O) groups is 1. The van der Waals surface area contributed by atoms with Gasteiger partial charge in [-0.05, 0) is 45.1 Å². The fourth-order valence-corrected chi connectivity index (χ4v) is 4.19. The number of amides is 1. The number of hydrogen-bond donors (Lipinski definition) is 0. The molecule has 1 amide bonds. The molecule has 1 saturated heterocycles. The first-order valence-electron chi connectivity index (χ1n) is 8.68. The second kappa shape index (κ2) is 5.76. The summed E-state index contributed by atoms with van der Waals surface area (Å²) in [6.45, 7) is 6.14. The number of hydrogen-bond acceptors (Lipinski definition) is 5. The van der Waals surface area contributed by atoms with Gasteiger partial charge in [0.2, 0.25) is 5.76 Å². The van der Waals surface area contributed by atoms with Crippen LogP contribution in [0.1, 0.15) is 43.3 Å². The number of piperidine rings is 1. The van der Waals surface area contributed by atoms with Gasteiger partial charge in [-0.25, -0.2) is 9.97 Å². The first-order valence-corrected chi connectivity index (χ1v) is 8.68. The zero-order valence-electron chi connectivity index (χ0n) is 14.3. The largest absolute Gasteiger partial charge is 0.491 e. The Morgan fingerprint density at radius 2 is 2.08 bits per heavy atom. The van der Waals surface area contributed by atoms with Crippen LogP contribution in [0.2, 0.25) is 0 Å². The van der Waals surface area contributed by atoms with E-state index in [9.17, 15) is 4.79 Å². The summed E-state index contributed by atoms with van der Waals surface area (Å²) in [4.78, 5) is 23.9. The van der Waals surface area contributed by atoms with Crippen LogP contribution in [0.4, 0.5) is 0 Å². The molecule has 6 nitrogen and oxygen atoms in total. The summed E-state index contributed by atoms with van der Waals surface area (Å²) >= 11 is 0. The van der Waals surface area contributed by atoms with E-state index in [1.807, 2.05) is 18.0 Å². The Morgan fingerprint density at radius 1 is 1.25 bits per heavy atom. The van der Waals surface area contributed by atoms with E-state index in [1.54, 1.807) is 6.92 Å². The van der Waals surface area contributed by atoms with E-state index in [0.717, 1.165) is 43.7 Å². The molecule has 24 heavy (non-hydrogen) atoms. The molecule has 2 aliphatic heterocycles. The van der Waals surface area contributed by atoms with Crippen LogP contribution < -0.4 is 0 Å². The number of allylic oxidation sites excluding steroid dienone is 1. The fraction of sp³-hybridized carbons (Fsp3) is 0.611. The number of aryl methyl sites for hydroxylation is 2. The number of rotatable bonds is 1. The van der Waals surface area contributed by atoms with Gasteiger partial charge in [0.05, 0.1) is 5.69 Å². The molecule has 0 saturated carbocycles. The molecule has 1 aromatic rings. The summed E-state index contributed by atoms with van der Waals surface area (Å²) < 4.78 is 11.1. The first kappa shape index (κ1) is 15.4. The first-order chi connectivity index (χ1) is 11.6. The summed E-state index contributed by atoms with van der Waals surface area (Å²) in [5, 5.41) is 0. The maximum absolute atomic E-state index is 12.9. The van der Waals surface area contributed by atoms with Crippen molar-refractivity contribution >= 4 is 5.91 Å². The number of nitrogens with zero attached hydrogens (tertiary/aromatic N) is 3. The quantitative estimate of drug-likeness (QED) is 0.787. The van der Waals surface area contributed by atoms with Crippen LogP contribution in [-0.4, -0.2) is 47.1 Å². The van der Waals surface area contributed by atoms with Gasteiger partial charge in [-0.15, -0.1) is 0 Å². The normalized spacial score (nSPS) is 26.2. The van der Waals surface area contributed by atoms with Crippen LogP contribution in [0, 0.1) is 6.92 Å². The molecule has 1 atom stereocenters. The predicted molar refractivity (Wildman–Crippen MR) is 87.2 cm³/mol. The summed E-state index contributed by atoms with van der Waals surface area (Å²) in [5.74, 6) is 1.72. The average Bonchev–Trinajstić information content (AvgIpc) is 2.92. The highest BCUT2D eigenvalue weighted by Crippen LogP contribution is 2.44. The van der Waals surface area contributed by atoms with Gasteiger partial charge < -0.3 is 14.4 Å². The zero-order chi connectivity index (χ0) is 16.7. The Balaban J connectivity index is 1.62. The molecular weight excluding hydrogens is 306 g/mol. The van der Waals surface area contributed by atoms with Gasteiger partial charge in [0, 0.05) is 24.7 Å². The maximum Gasteiger partial charge on any atom is 0.292 e. The van der Waals surface area contributed by atoms with Crippen molar-refractivity contribution in [3.63, 3.8) is 0 Å². The second-order valence-electron chi connectivity index (χ2n) is 6.98. The third kappa shape index (κ3) is 2.44. The van der Waals surface area contributed by atoms with Crippen molar-refractivity contribution in [1.82, 2.24) is 14.9 Å². The standard InChI is InChI=1S/C18H23N3O3/c1-12-15(24-9-8-23-12)17(22)21-7-3-5-18(11-21)6-4-14-10-19-13(2)20-16(14)18/h10H,3-9,11H2,1-2H3. The SMILES string of the molecule is CC1=C(C(=O)N2CCCC3(CCc4cnc(C)nc43)C2)OCCO1. The summed E-state index contributed by atoms with van der Waals surface area (Å²) in [7, 11) is 0. The minimum Gasteiger partial charge on any atom is -0.491 e. The summed E-state index contributed by atoms with van der Waals surface area (Å²) in [6, 6.07) is 0. The second-order valence-corrected chi connectivity index (χ2v) is 6.98. The molecule has 1 spiro atoms. The predicted octanol–water partition coefficient (Wildman–Crippen LogP) is 1.87. The van der Waals surface area contributed by atoms with Crippen LogP contribution in [0.25, 0.3) is 0 Å². The number of carbonyl (C=O) groups excluding carboxylic acids is 1. The van der Waals surface area contributed by atoms with Gasteiger partial charge in [0.1, 0.15) is 24.8 Å². The van der Waals surface area contributed by atoms with Gasteiger partial charge in [-0.2, -0.15) is 0 Å².